The molecule has 9 aromatic rings. The van der Waals surface area contributed by atoms with Crippen LogP contribution in [0.3, 0.4) is 0 Å². The lowest BCUT2D eigenvalue weighted by atomic mass is 9.73. The fraction of sp³-hybridized carbons (Fsp3) is 0.0625. The van der Waals surface area contributed by atoms with E-state index in [-0.39, 0.29) is 5.41 Å². The average molecular weight is 683 g/mol. The van der Waals surface area contributed by atoms with E-state index in [0.29, 0.717) is 17.5 Å². The zero-order valence-electron chi connectivity index (χ0n) is 29.4. The van der Waals surface area contributed by atoms with Crippen LogP contribution >= 0.6 is 0 Å². The molecular weight excluding hydrogens is 649 g/mol. The number of nitrogens with zero attached hydrogens (tertiary/aromatic N) is 4. The van der Waals surface area contributed by atoms with Crippen molar-refractivity contribution < 1.29 is 4.42 Å². The van der Waals surface area contributed by atoms with Crippen molar-refractivity contribution in [3.05, 3.63) is 181 Å². The first-order valence-corrected chi connectivity index (χ1v) is 18.0. The smallest absolute Gasteiger partial charge is 0.164 e. The zero-order valence-corrected chi connectivity index (χ0v) is 29.4. The molecule has 0 saturated heterocycles. The molecule has 7 aromatic carbocycles. The summed E-state index contributed by atoms with van der Waals surface area (Å²) in [5.41, 5.74) is 12.1. The summed E-state index contributed by atoms with van der Waals surface area (Å²) in [6.45, 7) is 4.63. The maximum Gasteiger partial charge on any atom is 0.164 e. The Balaban J connectivity index is 1.27. The van der Waals surface area contributed by atoms with Crippen molar-refractivity contribution in [1.29, 1.82) is 0 Å². The Hall–Kier alpha value is -6.85. The van der Waals surface area contributed by atoms with E-state index in [2.05, 4.69) is 116 Å². The summed E-state index contributed by atoms with van der Waals surface area (Å²) in [7, 11) is 0. The summed E-state index contributed by atoms with van der Waals surface area (Å²) < 4.78 is 6.61. The predicted molar refractivity (Wildman–Crippen MR) is 216 cm³/mol. The number of fused-ring (bicyclic) bond motifs is 5. The normalized spacial score (nSPS) is 13.2. The van der Waals surface area contributed by atoms with Gasteiger partial charge in [-0.2, -0.15) is 0 Å². The molecule has 1 aliphatic rings. The maximum atomic E-state index is 6.61. The van der Waals surface area contributed by atoms with Gasteiger partial charge in [-0.25, -0.2) is 15.0 Å². The molecule has 0 spiro atoms. The van der Waals surface area contributed by atoms with Crippen LogP contribution in [0.25, 0.3) is 67.2 Å². The lowest BCUT2D eigenvalue weighted by Gasteiger charge is -2.42. The highest BCUT2D eigenvalue weighted by atomic mass is 16.3. The molecule has 0 bridgehead atoms. The van der Waals surface area contributed by atoms with Crippen LogP contribution in [0.1, 0.15) is 25.0 Å². The molecule has 3 heterocycles. The Morgan fingerprint density at radius 1 is 0.453 bits per heavy atom. The van der Waals surface area contributed by atoms with Gasteiger partial charge >= 0.3 is 0 Å². The largest absolute Gasteiger partial charge is 0.455 e. The number of anilines is 3. The van der Waals surface area contributed by atoms with Crippen LogP contribution in [0.5, 0.6) is 0 Å². The van der Waals surface area contributed by atoms with Crippen LogP contribution in [-0.2, 0) is 5.41 Å². The molecule has 2 aromatic heterocycles. The minimum atomic E-state index is -0.187. The van der Waals surface area contributed by atoms with E-state index < -0.39 is 0 Å². The monoisotopic (exact) mass is 682 g/mol. The minimum Gasteiger partial charge on any atom is -0.455 e. The Morgan fingerprint density at radius 3 is 1.60 bits per heavy atom. The van der Waals surface area contributed by atoms with Crippen LogP contribution < -0.4 is 4.90 Å². The molecular formula is C48H34N4O. The highest BCUT2D eigenvalue weighted by Gasteiger charge is 2.36. The highest BCUT2D eigenvalue weighted by molar-refractivity contribution is 6.10. The topological polar surface area (TPSA) is 55.1 Å². The quantitative estimate of drug-likeness (QED) is 0.181. The molecule has 0 aliphatic carbocycles. The van der Waals surface area contributed by atoms with Gasteiger partial charge in [0.1, 0.15) is 11.2 Å². The van der Waals surface area contributed by atoms with Crippen LogP contribution in [-0.4, -0.2) is 15.0 Å². The van der Waals surface area contributed by atoms with Crippen molar-refractivity contribution in [3.8, 4) is 45.3 Å². The number of aromatic nitrogens is 3. The number of benzene rings is 7. The summed E-state index contributed by atoms with van der Waals surface area (Å²) in [5.74, 6) is 1.84. The van der Waals surface area contributed by atoms with Gasteiger partial charge in [0.15, 0.2) is 17.5 Å². The van der Waals surface area contributed by atoms with Crippen LogP contribution in [0.4, 0.5) is 17.1 Å². The van der Waals surface area contributed by atoms with Crippen LogP contribution in [0, 0.1) is 0 Å². The van der Waals surface area contributed by atoms with Crippen molar-refractivity contribution in [3.63, 3.8) is 0 Å². The lowest BCUT2D eigenvalue weighted by Crippen LogP contribution is -2.30. The van der Waals surface area contributed by atoms with Crippen molar-refractivity contribution in [1.82, 2.24) is 15.0 Å². The standard InChI is InChI=1S/C48H34N4O/c1-48(2)39-23-10-12-25-41(39)52(42-26-13-11-24-40(42)48)35-29-33(36-21-15-22-38-37-20-9-14-27-43(37)53-44(36)38)28-34(30-35)47-50-45(31-16-5-3-6-17-31)49-46(51-47)32-18-7-4-8-19-32/h3-30H,1-2H3. The van der Waals surface area contributed by atoms with Gasteiger partial charge in [-0.1, -0.05) is 147 Å². The second-order valence-electron chi connectivity index (χ2n) is 14.1. The van der Waals surface area contributed by atoms with E-state index in [4.69, 9.17) is 19.4 Å². The SMILES string of the molecule is CC1(C)c2ccccc2N(c2cc(-c3nc(-c4ccccc4)nc(-c4ccccc4)n3)cc(-c3cccc4c3oc3ccccc34)c2)c2ccccc21. The van der Waals surface area contributed by atoms with Crippen molar-refractivity contribution >= 4 is 39.0 Å². The second kappa shape index (κ2) is 12.1. The molecule has 0 atom stereocenters. The first-order valence-electron chi connectivity index (χ1n) is 18.0. The fourth-order valence-electron chi connectivity index (χ4n) is 7.88. The molecule has 0 amide bonds. The second-order valence-corrected chi connectivity index (χ2v) is 14.1. The average Bonchev–Trinajstić information content (AvgIpc) is 3.60. The molecule has 0 saturated carbocycles. The van der Waals surface area contributed by atoms with E-state index in [0.717, 1.165) is 66.8 Å². The summed E-state index contributed by atoms with van der Waals surface area (Å²) in [5, 5.41) is 2.18. The Kier molecular flexibility index (Phi) is 7.08. The van der Waals surface area contributed by atoms with Crippen LogP contribution in [0.15, 0.2) is 174 Å². The molecule has 252 valence electrons. The van der Waals surface area contributed by atoms with E-state index in [1.165, 1.54) is 11.1 Å². The molecule has 53 heavy (non-hydrogen) atoms. The maximum absolute atomic E-state index is 6.61. The van der Waals surface area contributed by atoms with Crippen molar-refractivity contribution in [2.45, 2.75) is 19.3 Å². The molecule has 5 heteroatoms. The third kappa shape index (κ3) is 5.12. The Labute approximate surface area is 307 Å². The summed E-state index contributed by atoms with van der Waals surface area (Å²) in [6.07, 6.45) is 0. The highest BCUT2D eigenvalue weighted by Crippen LogP contribution is 2.52. The first-order chi connectivity index (χ1) is 26.0. The minimum absolute atomic E-state index is 0.187. The van der Waals surface area contributed by atoms with Crippen LogP contribution in [0.2, 0.25) is 0 Å². The number of furan rings is 1. The number of hydrogen-bond acceptors (Lipinski definition) is 5. The van der Waals surface area contributed by atoms with Crippen molar-refractivity contribution in [2.75, 3.05) is 4.90 Å². The van der Waals surface area contributed by atoms with Gasteiger partial charge in [-0.3, -0.25) is 0 Å². The molecule has 10 rings (SSSR count). The summed E-state index contributed by atoms with van der Waals surface area (Å²) >= 11 is 0. The number of hydrogen-bond donors (Lipinski definition) is 0. The summed E-state index contributed by atoms with van der Waals surface area (Å²) in [4.78, 5) is 17.7. The molecule has 0 fully saturated rings. The van der Waals surface area contributed by atoms with Gasteiger partial charge in [-0.05, 0) is 53.1 Å². The number of para-hydroxylation sites is 4. The number of rotatable bonds is 5. The van der Waals surface area contributed by atoms with Gasteiger partial charge in [0, 0.05) is 44.1 Å². The van der Waals surface area contributed by atoms with Gasteiger partial charge in [0.2, 0.25) is 0 Å². The molecule has 0 N–H and O–H groups in total. The molecule has 5 nitrogen and oxygen atoms in total. The fourth-order valence-corrected chi connectivity index (χ4v) is 7.88. The first kappa shape index (κ1) is 30.9. The van der Waals surface area contributed by atoms with E-state index in [1.807, 2.05) is 72.8 Å². The zero-order chi connectivity index (χ0) is 35.5. The lowest BCUT2D eigenvalue weighted by molar-refractivity contribution is 0.632. The summed E-state index contributed by atoms with van der Waals surface area (Å²) in [6, 6.07) is 59.0. The Bertz CT molecular complexity index is 2720. The third-order valence-corrected chi connectivity index (χ3v) is 10.5. The molecule has 0 unspecified atom stereocenters. The van der Waals surface area contributed by atoms with Crippen molar-refractivity contribution in [2.24, 2.45) is 0 Å². The predicted octanol–water partition coefficient (Wildman–Crippen LogP) is 12.5. The molecule has 0 radical (unpaired) electrons. The van der Waals surface area contributed by atoms with E-state index in [9.17, 15) is 0 Å². The molecule has 1 aliphatic heterocycles. The van der Waals surface area contributed by atoms with Gasteiger partial charge < -0.3 is 9.32 Å². The van der Waals surface area contributed by atoms with E-state index >= 15 is 0 Å². The Morgan fingerprint density at radius 2 is 0.962 bits per heavy atom. The van der Waals surface area contributed by atoms with Gasteiger partial charge in [0.05, 0.1) is 11.4 Å². The third-order valence-electron chi connectivity index (χ3n) is 10.5. The van der Waals surface area contributed by atoms with E-state index in [1.54, 1.807) is 0 Å². The van der Waals surface area contributed by atoms with Gasteiger partial charge in [0.25, 0.3) is 0 Å². The van der Waals surface area contributed by atoms with Gasteiger partial charge in [-0.15, -0.1) is 0 Å².